The summed E-state index contributed by atoms with van der Waals surface area (Å²) in [5.41, 5.74) is 0.137. The zero-order valence-corrected chi connectivity index (χ0v) is 5.43. The maximum atomic E-state index is 10.2. The van der Waals surface area contributed by atoms with Crippen molar-refractivity contribution in [2.24, 2.45) is 0 Å². The van der Waals surface area contributed by atoms with Gasteiger partial charge in [-0.1, -0.05) is 0 Å². The van der Waals surface area contributed by atoms with Gasteiger partial charge in [0.25, 0.3) is 5.95 Å². The van der Waals surface area contributed by atoms with Gasteiger partial charge in [-0.2, -0.15) is 0 Å². The summed E-state index contributed by atoms with van der Waals surface area (Å²) in [6.45, 7) is 0. The molecule has 5 nitrogen and oxygen atoms in total. The molecule has 0 aliphatic carbocycles. The normalized spacial score (nSPS) is 9.27. The zero-order valence-electron chi connectivity index (χ0n) is 5.43. The maximum Gasteiger partial charge on any atom is 0.709 e. The second kappa shape index (κ2) is 3.22. The van der Waals surface area contributed by atoms with Crippen LogP contribution in [0, 0.1) is 0 Å². The summed E-state index contributed by atoms with van der Waals surface area (Å²) in [6.07, 6.45) is 1.70. The molecule has 11 heavy (non-hydrogen) atoms. The molecule has 1 heterocycles. The fraction of sp³-hybridized carbons (Fsp3) is 0. The average Bonchev–Trinajstić information content (AvgIpc) is 2.34. The molecule has 0 spiro atoms. The van der Waals surface area contributed by atoms with Crippen molar-refractivity contribution in [2.75, 3.05) is 0 Å². The minimum atomic E-state index is -1.97. The molecule has 6 heteroatoms. The van der Waals surface area contributed by atoms with E-state index in [-0.39, 0.29) is 11.5 Å². The van der Waals surface area contributed by atoms with E-state index in [4.69, 9.17) is 10.0 Å². The Morgan fingerprint density at radius 1 is 1.64 bits per heavy atom. The Kier molecular flexibility index (Phi) is 2.30. The Labute approximate surface area is 62.4 Å². The molecule has 0 radical (unpaired) electrons. The van der Waals surface area contributed by atoms with Crippen LogP contribution in [0.2, 0.25) is 0 Å². The molecule has 0 fully saturated rings. The summed E-state index contributed by atoms with van der Waals surface area (Å²) in [7, 11) is -1.97. The van der Waals surface area contributed by atoms with E-state index in [0.29, 0.717) is 6.29 Å². The lowest BCUT2D eigenvalue weighted by Gasteiger charge is -1.98. The van der Waals surface area contributed by atoms with E-state index in [1.807, 2.05) is 0 Å². The van der Waals surface area contributed by atoms with Gasteiger partial charge in [0.2, 0.25) is 0 Å². The third kappa shape index (κ3) is 1.82. The van der Waals surface area contributed by atoms with Crippen LogP contribution < -0.4 is 4.65 Å². The van der Waals surface area contributed by atoms with E-state index < -0.39 is 7.32 Å². The molecule has 0 aliphatic rings. The van der Waals surface area contributed by atoms with E-state index in [2.05, 4.69) is 9.07 Å². The van der Waals surface area contributed by atoms with Gasteiger partial charge in [0, 0.05) is 0 Å². The van der Waals surface area contributed by atoms with Crippen molar-refractivity contribution in [3.8, 4) is 5.95 Å². The van der Waals surface area contributed by atoms with Crippen LogP contribution in [-0.2, 0) is 0 Å². The first-order valence-electron chi connectivity index (χ1n) is 2.79. The lowest BCUT2D eigenvalue weighted by atomic mass is 10.2. The Hall–Kier alpha value is -1.27. The number of hydrogen-bond acceptors (Lipinski definition) is 5. The van der Waals surface area contributed by atoms with Crippen molar-refractivity contribution in [1.29, 1.82) is 0 Å². The van der Waals surface area contributed by atoms with Crippen LogP contribution >= 0.6 is 0 Å². The van der Waals surface area contributed by atoms with Gasteiger partial charge in [0.15, 0.2) is 6.29 Å². The van der Waals surface area contributed by atoms with Gasteiger partial charge in [-0.25, -0.2) is 0 Å². The molecule has 0 saturated carbocycles. The van der Waals surface area contributed by atoms with Crippen LogP contribution in [0.25, 0.3) is 0 Å². The van der Waals surface area contributed by atoms with Gasteiger partial charge in [0.1, 0.15) is 0 Å². The minimum absolute atomic E-state index is 0.137. The van der Waals surface area contributed by atoms with Gasteiger partial charge in [-0.15, -0.1) is 0 Å². The molecule has 0 aromatic carbocycles. The summed E-state index contributed by atoms with van der Waals surface area (Å²) in [5.74, 6) is -0.199. The molecule has 0 amide bonds. The first-order valence-corrected chi connectivity index (χ1v) is 2.79. The lowest BCUT2D eigenvalue weighted by Crippen LogP contribution is -2.20. The van der Waals surface area contributed by atoms with E-state index in [1.54, 1.807) is 0 Å². The Bertz CT molecular complexity index is 243. The third-order valence-electron chi connectivity index (χ3n) is 0.998. The molecule has 2 N–H and O–H groups in total. The number of carbonyl (C=O) groups is 1. The van der Waals surface area contributed by atoms with Crippen molar-refractivity contribution in [3.05, 3.63) is 17.9 Å². The van der Waals surface area contributed by atoms with Crippen LogP contribution in [0.15, 0.2) is 16.7 Å². The van der Waals surface area contributed by atoms with Crippen LogP contribution in [0.1, 0.15) is 10.4 Å². The summed E-state index contributed by atoms with van der Waals surface area (Å²) in [6, 6.07) is 1.35. The summed E-state index contributed by atoms with van der Waals surface area (Å²) in [5, 5.41) is 16.6. The summed E-state index contributed by atoms with van der Waals surface area (Å²) >= 11 is 0. The molecule has 1 rings (SSSR count). The van der Waals surface area contributed by atoms with Gasteiger partial charge in [-0.3, -0.25) is 4.79 Å². The lowest BCUT2D eigenvalue weighted by molar-refractivity contribution is 0.111. The van der Waals surface area contributed by atoms with E-state index in [9.17, 15) is 4.79 Å². The van der Waals surface area contributed by atoms with Crippen LogP contribution in [0.5, 0.6) is 5.95 Å². The van der Waals surface area contributed by atoms with Crippen LogP contribution in [0.4, 0.5) is 0 Å². The summed E-state index contributed by atoms with van der Waals surface area (Å²) in [4.78, 5) is 10.2. The maximum absolute atomic E-state index is 10.2. The highest BCUT2D eigenvalue weighted by Gasteiger charge is 2.16. The third-order valence-corrected chi connectivity index (χ3v) is 0.998. The second-order valence-electron chi connectivity index (χ2n) is 1.73. The minimum Gasteiger partial charge on any atom is -0.484 e. The number of rotatable bonds is 3. The monoisotopic (exact) mass is 156 g/mol. The SMILES string of the molecule is O=Cc1ccoc1OB(O)O. The van der Waals surface area contributed by atoms with Gasteiger partial charge < -0.3 is 19.1 Å². The largest absolute Gasteiger partial charge is 0.709 e. The molecule has 1 aromatic rings. The molecule has 0 aliphatic heterocycles. The molecular formula is C5H5BO5. The average molecular weight is 156 g/mol. The van der Waals surface area contributed by atoms with Gasteiger partial charge in [0.05, 0.1) is 11.8 Å². The highest BCUT2D eigenvalue weighted by Crippen LogP contribution is 2.17. The molecule has 1 aromatic heterocycles. The fourth-order valence-corrected chi connectivity index (χ4v) is 0.584. The Morgan fingerprint density at radius 2 is 2.36 bits per heavy atom. The van der Waals surface area contributed by atoms with Crippen LogP contribution in [-0.4, -0.2) is 23.7 Å². The van der Waals surface area contributed by atoms with E-state index >= 15 is 0 Å². The molecule has 0 unspecified atom stereocenters. The van der Waals surface area contributed by atoms with Gasteiger partial charge >= 0.3 is 7.32 Å². The molecular weight excluding hydrogens is 151 g/mol. The van der Waals surface area contributed by atoms with E-state index in [0.717, 1.165) is 0 Å². The predicted octanol–water partition coefficient (Wildman–Crippen LogP) is -0.560. The highest BCUT2D eigenvalue weighted by atomic mass is 16.7. The Balaban J connectivity index is 2.76. The van der Waals surface area contributed by atoms with Crippen molar-refractivity contribution in [1.82, 2.24) is 0 Å². The van der Waals surface area contributed by atoms with Crippen molar-refractivity contribution in [2.45, 2.75) is 0 Å². The summed E-state index contributed by atoms with van der Waals surface area (Å²) < 4.78 is 8.88. The second-order valence-corrected chi connectivity index (χ2v) is 1.73. The molecule has 0 atom stereocenters. The zero-order chi connectivity index (χ0) is 8.27. The highest BCUT2D eigenvalue weighted by molar-refractivity contribution is 6.33. The van der Waals surface area contributed by atoms with Crippen molar-refractivity contribution >= 4 is 13.6 Å². The van der Waals surface area contributed by atoms with Crippen molar-refractivity contribution < 1.29 is 23.9 Å². The quantitative estimate of drug-likeness (QED) is 0.452. The van der Waals surface area contributed by atoms with Crippen LogP contribution in [0.3, 0.4) is 0 Å². The van der Waals surface area contributed by atoms with Crippen molar-refractivity contribution in [3.63, 3.8) is 0 Å². The predicted molar refractivity (Wildman–Crippen MR) is 34.9 cm³/mol. The number of furan rings is 1. The first-order chi connectivity index (χ1) is 5.24. The fourth-order valence-electron chi connectivity index (χ4n) is 0.584. The Morgan fingerprint density at radius 3 is 2.91 bits per heavy atom. The smallest absolute Gasteiger partial charge is 0.484 e. The first kappa shape index (κ1) is 7.84. The topological polar surface area (TPSA) is 79.9 Å². The number of aldehydes is 1. The van der Waals surface area contributed by atoms with E-state index in [1.165, 1.54) is 12.3 Å². The molecule has 0 saturated heterocycles. The molecule has 0 bridgehead atoms. The van der Waals surface area contributed by atoms with Gasteiger partial charge in [-0.05, 0) is 6.07 Å². The number of hydrogen-bond donors (Lipinski definition) is 2. The molecule has 58 valence electrons. The standard InChI is InChI=1S/C5H5BO5/c7-3-4-1-2-10-5(4)11-6(8)9/h1-3,8-9H. The number of carbonyl (C=O) groups excluding carboxylic acids is 1.